The molecule has 194 valence electrons. The SMILES string of the molecule is COC(=O)N1C(=O)[C@H]2[C@H](CC=C3[C@H]2C[C@H]2C(=O)C(C)=C(C)C(=O)[C@@]2(C)[C@H]3c2ccc(O)c(OC)c2)C1=O. The van der Waals surface area contributed by atoms with Crippen LogP contribution in [-0.2, 0) is 23.9 Å². The van der Waals surface area contributed by atoms with Crippen LogP contribution in [0.4, 0.5) is 4.79 Å². The van der Waals surface area contributed by atoms with Gasteiger partial charge in [0.15, 0.2) is 23.1 Å². The fraction of sp³-hybridized carbons (Fsp3) is 0.464. The number of hydrogen-bond acceptors (Lipinski definition) is 8. The number of likely N-dealkylation sites (tertiary alicyclic amines) is 1. The first-order valence-corrected chi connectivity index (χ1v) is 12.3. The molecule has 1 N–H and O–H groups in total. The van der Waals surface area contributed by atoms with Crippen LogP contribution < -0.4 is 4.74 Å². The number of aromatic hydroxyl groups is 1. The third-order valence-electron chi connectivity index (χ3n) is 9.07. The van der Waals surface area contributed by atoms with Gasteiger partial charge in [0.25, 0.3) is 0 Å². The predicted molar refractivity (Wildman–Crippen MR) is 129 cm³/mol. The number of rotatable bonds is 2. The Bertz CT molecular complexity index is 1340. The Morgan fingerprint density at radius 3 is 2.41 bits per heavy atom. The normalized spacial score (nSPS) is 33.1. The number of ketones is 2. The van der Waals surface area contributed by atoms with E-state index in [4.69, 9.17) is 4.74 Å². The van der Waals surface area contributed by atoms with Crippen LogP contribution in [0.5, 0.6) is 11.5 Å². The summed E-state index contributed by atoms with van der Waals surface area (Å²) in [5, 5.41) is 10.2. The number of phenols is 1. The zero-order valence-electron chi connectivity index (χ0n) is 21.4. The molecule has 2 fully saturated rings. The first-order chi connectivity index (χ1) is 17.5. The van der Waals surface area contributed by atoms with Crippen molar-refractivity contribution in [3.05, 3.63) is 46.6 Å². The molecule has 1 aromatic carbocycles. The lowest BCUT2D eigenvalue weighted by molar-refractivity contribution is -0.142. The van der Waals surface area contributed by atoms with Crippen LogP contribution in [0, 0.1) is 29.1 Å². The molecular formula is C28H29NO8. The number of fused-ring (bicyclic) bond motifs is 4. The van der Waals surface area contributed by atoms with Crippen molar-refractivity contribution < 1.29 is 38.6 Å². The summed E-state index contributed by atoms with van der Waals surface area (Å²) in [6.45, 7) is 5.10. The van der Waals surface area contributed by atoms with Crippen molar-refractivity contribution in [2.45, 2.75) is 39.5 Å². The van der Waals surface area contributed by atoms with Crippen LogP contribution in [0.1, 0.15) is 45.1 Å². The fourth-order valence-electron chi connectivity index (χ4n) is 7.10. The van der Waals surface area contributed by atoms with Crippen LogP contribution in [0.15, 0.2) is 41.0 Å². The van der Waals surface area contributed by atoms with Crippen LogP contribution in [0.2, 0.25) is 0 Å². The van der Waals surface area contributed by atoms with Crippen molar-refractivity contribution in [1.29, 1.82) is 0 Å². The van der Waals surface area contributed by atoms with Crippen LogP contribution in [0.25, 0.3) is 0 Å². The minimum atomic E-state index is -1.15. The minimum Gasteiger partial charge on any atom is -0.504 e. The van der Waals surface area contributed by atoms with E-state index in [0.29, 0.717) is 21.6 Å². The molecule has 3 aliphatic carbocycles. The lowest BCUT2D eigenvalue weighted by atomic mass is 9.46. The van der Waals surface area contributed by atoms with E-state index in [1.807, 2.05) is 6.08 Å². The van der Waals surface area contributed by atoms with Crippen LogP contribution in [-0.4, -0.2) is 53.7 Å². The molecule has 1 aromatic rings. The number of amides is 3. The van der Waals surface area contributed by atoms with Gasteiger partial charge in [-0.15, -0.1) is 0 Å². The van der Waals surface area contributed by atoms with Gasteiger partial charge in [-0.2, -0.15) is 4.90 Å². The van der Waals surface area contributed by atoms with E-state index in [1.165, 1.54) is 13.2 Å². The maximum atomic E-state index is 13.9. The highest BCUT2D eigenvalue weighted by molar-refractivity contribution is 6.17. The highest BCUT2D eigenvalue weighted by Gasteiger charge is 2.64. The molecule has 37 heavy (non-hydrogen) atoms. The molecule has 0 unspecified atom stereocenters. The second kappa shape index (κ2) is 8.39. The Morgan fingerprint density at radius 1 is 1.05 bits per heavy atom. The van der Waals surface area contributed by atoms with Gasteiger partial charge in [0.2, 0.25) is 11.8 Å². The number of methoxy groups -OCH3 is 2. The molecule has 6 atom stereocenters. The number of nitrogens with zero attached hydrogens (tertiary/aromatic N) is 1. The van der Waals surface area contributed by atoms with Crippen molar-refractivity contribution >= 4 is 29.5 Å². The van der Waals surface area contributed by atoms with Gasteiger partial charge in [-0.05, 0) is 61.4 Å². The largest absolute Gasteiger partial charge is 0.504 e. The Balaban J connectivity index is 1.72. The maximum absolute atomic E-state index is 13.9. The molecule has 9 nitrogen and oxygen atoms in total. The number of allylic oxidation sites excluding steroid dienone is 4. The van der Waals surface area contributed by atoms with Gasteiger partial charge in [0, 0.05) is 11.8 Å². The zero-order chi connectivity index (χ0) is 27.0. The maximum Gasteiger partial charge on any atom is 0.423 e. The molecule has 0 aromatic heterocycles. The average molecular weight is 508 g/mol. The summed E-state index contributed by atoms with van der Waals surface area (Å²) in [7, 11) is 2.53. The summed E-state index contributed by atoms with van der Waals surface area (Å²) in [5.74, 6) is -4.84. The summed E-state index contributed by atoms with van der Waals surface area (Å²) in [6, 6.07) is 4.83. The number of hydrogen-bond donors (Lipinski definition) is 1. The first-order valence-electron chi connectivity index (χ1n) is 12.3. The first kappa shape index (κ1) is 24.9. The summed E-state index contributed by atoms with van der Waals surface area (Å²) in [6.07, 6.45) is 1.29. The summed E-state index contributed by atoms with van der Waals surface area (Å²) in [4.78, 5) is 67.0. The fourth-order valence-corrected chi connectivity index (χ4v) is 7.10. The predicted octanol–water partition coefficient (Wildman–Crippen LogP) is 3.31. The average Bonchev–Trinajstić information content (AvgIpc) is 3.15. The second-order valence-corrected chi connectivity index (χ2v) is 10.5. The van der Waals surface area contributed by atoms with Crippen LogP contribution >= 0.6 is 0 Å². The Hall–Kier alpha value is -3.75. The molecule has 1 saturated carbocycles. The third kappa shape index (κ3) is 3.19. The number of phenolic OH excluding ortho intramolecular Hbond substituents is 1. The van der Waals surface area contributed by atoms with Gasteiger partial charge in [-0.3, -0.25) is 19.2 Å². The molecule has 0 bridgehead atoms. The zero-order valence-corrected chi connectivity index (χ0v) is 21.4. The molecule has 1 saturated heterocycles. The Labute approximate surface area is 214 Å². The van der Waals surface area contributed by atoms with Gasteiger partial charge < -0.3 is 14.6 Å². The van der Waals surface area contributed by atoms with Gasteiger partial charge in [0.05, 0.1) is 31.5 Å². The monoisotopic (exact) mass is 507 g/mol. The van der Waals surface area contributed by atoms with E-state index < -0.39 is 52.9 Å². The number of carbonyl (C=O) groups is 5. The smallest absolute Gasteiger partial charge is 0.423 e. The van der Waals surface area contributed by atoms with E-state index in [-0.39, 0.29) is 35.9 Å². The molecule has 4 aliphatic rings. The highest BCUT2D eigenvalue weighted by atomic mass is 16.5. The number of Topliss-reactive ketones (excluding diaryl/α,β-unsaturated/α-hetero) is 2. The molecule has 3 amide bonds. The van der Waals surface area contributed by atoms with Gasteiger partial charge >= 0.3 is 6.09 Å². The summed E-state index contributed by atoms with van der Waals surface area (Å²) < 4.78 is 10.0. The minimum absolute atomic E-state index is 0.0683. The lowest BCUT2D eigenvalue weighted by Crippen LogP contribution is -2.55. The van der Waals surface area contributed by atoms with Gasteiger partial charge in [-0.1, -0.05) is 24.6 Å². The standard InChI is InChI=1S/C28H29NO8/c1-12-13(2)24(32)28(3)18(23(12)31)11-17-15(22(28)14-6-9-19(30)20(10-14)36-4)7-8-16-21(17)26(34)29(25(16)33)27(35)37-5/h6-7,9-10,16-18,21-22,30H,8,11H2,1-5H3/t16-,17+,18-,21-,22-,28+/m0/s1. The van der Waals surface area contributed by atoms with Crippen molar-refractivity contribution in [3.8, 4) is 11.5 Å². The molecule has 9 heteroatoms. The number of imide groups is 3. The number of benzene rings is 1. The van der Waals surface area contributed by atoms with Gasteiger partial charge in [0.1, 0.15) is 0 Å². The molecule has 0 spiro atoms. The molecule has 1 heterocycles. The molecule has 1 aliphatic heterocycles. The van der Waals surface area contributed by atoms with Crippen molar-refractivity contribution in [2.24, 2.45) is 29.1 Å². The topological polar surface area (TPSA) is 127 Å². The van der Waals surface area contributed by atoms with Crippen LogP contribution in [0.3, 0.4) is 0 Å². The van der Waals surface area contributed by atoms with Crippen molar-refractivity contribution in [1.82, 2.24) is 4.90 Å². The summed E-state index contributed by atoms with van der Waals surface area (Å²) in [5.41, 5.74) is 1.11. The van der Waals surface area contributed by atoms with Crippen molar-refractivity contribution in [3.63, 3.8) is 0 Å². The molecular weight excluding hydrogens is 478 g/mol. The number of carbonyl (C=O) groups excluding carboxylic acids is 5. The van der Waals surface area contributed by atoms with E-state index in [0.717, 1.165) is 12.7 Å². The lowest BCUT2D eigenvalue weighted by Gasteiger charge is -2.54. The number of ether oxygens (including phenoxy) is 2. The second-order valence-electron chi connectivity index (χ2n) is 10.5. The van der Waals surface area contributed by atoms with E-state index in [9.17, 15) is 29.1 Å². The quantitative estimate of drug-likeness (QED) is 0.477. The molecule has 5 rings (SSSR count). The molecule has 0 radical (unpaired) electrons. The third-order valence-corrected chi connectivity index (χ3v) is 9.07. The van der Waals surface area contributed by atoms with E-state index in [2.05, 4.69) is 4.74 Å². The van der Waals surface area contributed by atoms with E-state index >= 15 is 0 Å². The summed E-state index contributed by atoms with van der Waals surface area (Å²) >= 11 is 0. The Morgan fingerprint density at radius 2 is 1.76 bits per heavy atom. The van der Waals surface area contributed by atoms with E-state index in [1.54, 1.807) is 32.9 Å². The van der Waals surface area contributed by atoms with Gasteiger partial charge in [-0.25, -0.2) is 4.79 Å². The van der Waals surface area contributed by atoms with Crippen molar-refractivity contribution in [2.75, 3.05) is 14.2 Å². The highest BCUT2D eigenvalue weighted by Crippen LogP contribution is 2.63. The Kier molecular flexibility index (Phi) is 5.65.